The van der Waals surface area contributed by atoms with Gasteiger partial charge in [0, 0.05) is 5.56 Å². The minimum atomic E-state index is -0.233. The Morgan fingerprint density at radius 3 is 2.50 bits per heavy atom. The normalized spacial score (nSPS) is 28.1. The summed E-state index contributed by atoms with van der Waals surface area (Å²) in [6.45, 7) is 2.65. The molecule has 2 aromatic rings. The van der Waals surface area contributed by atoms with Crippen molar-refractivity contribution in [2.75, 3.05) is 6.61 Å². The number of hydrogen-bond donors (Lipinski definition) is 0. The third-order valence-electron chi connectivity index (χ3n) is 6.14. The maximum absolute atomic E-state index is 12.9. The van der Waals surface area contributed by atoms with Crippen molar-refractivity contribution >= 4 is 28.8 Å². The lowest BCUT2D eigenvalue weighted by molar-refractivity contribution is -0.140. The number of ether oxygens (including phenoxy) is 1. The first-order chi connectivity index (χ1) is 13.7. The van der Waals surface area contributed by atoms with Crippen LogP contribution in [0, 0.1) is 23.7 Å². The summed E-state index contributed by atoms with van der Waals surface area (Å²) in [7, 11) is 0. The predicted molar refractivity (Wildman–Crippen MR) is 107 cm³/mol. The molecule has 5 nitrogen and oxygen atoms in total. The molecule has 5 heteroatoms. The molecule has 2 fully saturated rings. The van der Waals surface area contributed by atoms with Gasteiger partial charge in [0.15, 0.2) is 0 Å². The van der Waals surface area contributed by atoms with E-state index in [1.807, 2.05) is 36.4 Å². The van der Waals surface area contributed by atoms with Gasteiger partial charge in [0.05, 0.1) is 24.7 Å². The second-order valence-electron chi connectivity index (χ2n) is 7.78. The number of amides is 2. The lowest BCUT2D eigenvalue weighted by atomic mass is 9.85. The number of fused-ring (bicyclic) bond motifs is 6. The second-order valence-corrected chi connectivity index (χ2v) is 7.78. The number of carbonyl (C=O) groups is 2. The van der Waals surface area contributed by atoms with Crippen molar-refractivity contribution < 1.29 is 14.3 Å². The van der Waals surface area contributed by atoms with E-state index >= 15 is 0 Å². The van der Waals surface area contributed by atoms with Gasteiger partial charge in [-0.15, -0.1) is 0 Å². The SMILES string of the molecule is CCCOc1ccc2ccccc2c1C=NN1C(=O)[C@@H]2[C@H](C1=O)[C@H]1C=C[C@@H]2C1. The highest BCUT2D eigenvalue weighted by molar-refractivity contribution is 6.08. The zero-order valence-corrected chi connectivity index (χ0v) is 15.7. The Hall–Kier alpha value is -2.95. The zero-order valence-electron chi connectivity index (χ0n) is 15.7. The first kappa shape index (κ1) is 17.2. The van der Waals surface area contributed by atoms with Crippen LogP contribution in [0.1, 0.15) is 25.3 Å². The van der Waals surface area contributed by atoms with E-state index in [0.717, 1.165) is 34.2 Å². The first-order valence-electron chi connectivity index (χ1n) is 9.93. The molecule has 0 aromatic heterocycles. The Morgan fingerprint density at radius 2 is 1.79 bits per heavy atom. The number of benzene rings is 2. The summed E-state index contributed by atoms with van der Waals surface area (Å²) >= 11 is 0. The largest absolute Gasteiger partial charge is 0.493 e. The van der Waals surface area contributed by atoms with Gasteiger partial charge in [-0.3, -0.25) is 9.59 Å². The number of nitrogens with zero attached hydrogens (tertiary/aromatic N) is 2. The molecule has 0 N–H and O–H groups in total. The molecule has 142 valence electrons. The minimum Gasteiger partial charge on any atom is -0.493 e. The van der Waals surface area contributed by atoms with Crippen LogP contribution in [-0.2, 0) is 9.59 Å². The molecular formula is C23H22N2O3. The predicted octanol–water partition coefficient (Wildman–Crippen LogP) is 3.77. The van der Waals surface area contributed by atoms with Gasteiger partial charge >= 0.3 is 0 Å². The molecular weight excluding hydrogens is 352 g/mol. The van der Waals surface area contributed by atoms with E-state index in [1.54, 1.807) is 6.21 Å². The maximum atomic E-state index is 12.9. The smallest absolute Gasteiger partial charge is 0.254 e. The maximum Gasteiger partial charge on any atom is 0.254 e. The summed E-state index contributed by atoms with van der Waals surface area (Å²) in [5.74, 6) is 0.287. The summed E-state index contributed by atoms with van der Waals surface area (Å²) in [6, 6.07) is 11.9. The fourth-order valence-electron chi connectivity index (χ4n) is 4.86. The molecule has 3 aliphatic rings. The molecule has 0 spiro atoms. The van der Waals surface area contributed by atoms with Crippen LogP contribution in [0.3, 0.4) is 0 Å². The molecule has 2 aromatic carbocycles. The molecule has 1 heterocycles. The van der Waals surface area contributed by atoms with E-state index < -0.39 is 0 Å². The summed E-state index contributed by atoms with van der Waals surface area (Å²) in [4.78, 5) is 25.7. The van der Waals surface area contributed by atoms with E-state index in [-0.39, 0.29) is 35.5 Å². The van der Waals surface area contributed by atoms with Crippen LogP contribution in [0.4, 0.5) is 0 Å². The van der Waals surface area contributed by atoms with Crippen LogP contribution in [0.25, 0.3) is 10.8 Å². The summed E-state index contributed by atoms with van der Waals surface area (Å²) < 4.78 is 5.89. The van der Waals surface area contributed by atoms with Gasteiger partial charge in [0.2, 0.25) is 0 Å². The van der Waals surface area contributed by atoms with Crippen LogP contribution in [-0.4, -0.2) is 29.6 Å². The standard InChI is InChI=1S/C23H22N2O3/c1-2-11-28-19-10-9-14-5-3-4-6-17(14)18(19)13-24-25-22(26)20-15-7-8-16(12-15)21(20)23(25)27/h3-10,13,15-16,20-21H,2,11-12H2,1H3/t15-,16+,20+,21-. The number of rotatable bonds is 5. The fourth-order valence-corrected chi connectivity index (χ4v) is 4.86. The topological polar surface area (TPSA) is 59.0 Å². The molecule has 4 atom stereocenters. The molecule has 2 amide bonds. The summed E-state index contributed by atoms with van der Waals surface area (Å²) in [5.41, 5.74) is 0.797. The van der Waals surface area contributed by atoms with Crippen LogP contribution in [0.15, 0.2) is 53.7 Å². The average molecular weight is 374 g/mol. The molecule has 1 saturated heterocycles. The molecule has 5 rings (SSSR count). The van der Waals surface area contributed by atoms with E-state index in [0.29, 0.717) is 12.4 Å². The first-order valence-corrected chi connectivity index (χ1v) is 9.93. The van der Waals surface area contributed by atoms with Crippen molar-refractivity contribution in [3.05, 3.63) is 54.1 Å². The Kier molecular flexibility index (Phi) is 4.04. The average Bonchev–Trinajstić information content (AvgIpc) is 3.39. The zero-order chi connectivity index (χ0) is 19.3. The van der Waals surface area contributed by atoms with Crippen molar-refractivity contribution in [2.24, 2.45) is 28.8 Å². The highest BCUT2D eigenvalue weighted by Crippen LogP contribution is 2.52. The van der Waals surface area contributed by atoms with Gasteiger partial charge in [-0.05, 0) is 41.5 Å². The Morgan fingerprint density at radius 1 is 1.07 bits per heavy atom. The van der Waals surface area contributed by atoms with E-state index in [4.69, 9.17) is 4.74 Å². The van der Waals surface area contributed by atoms with Gasteiger partial charge in [-0.1, -0.05) is 49.4 Å². The van der Waals surface area contributed by atoms with E-state index in [9.17, 15) is 9.59 Å². The Balaban J connectivity index is 1.50. The molecule has 0 unspecified atom stereocenters. The highest BCUT2D eigenvalue weighted by atomic mass is 16.5. The van der Waals surface area contributed by atoms with Gasteiger partial charge in [-0.25, -0.2) is 0 Å². The monoisotopic (exact) mass is 374 g/mol. The van der Waals surface area contributed by atoms with Crippen LogP contribution in [0.2, 0.25) is 0 Å². The summed E-state index contributed by atoms with van der Waals surface area (Å²) in [5, 5.41) is 7.49. The van der Waals surface area contributed by atoms with Crippen molar-refractivity contribution in [3.63, 3.8) is 0 Å². The Labute approximate surface area is 163 Å². The number of hydrazone groups is 1. The van der Waals surface area contributed by atoms with Crippen LogP contribution < -0.4 is 4.74 Å². The third kappa shape index (κ3) is 2.49. The number of hydrogen-bond acceptors (Lipinski definition) is 4. The van der Waals surface area contributed by atoms with Crippen LogP contribution in [0.5, 0.6) is 5.75 Å². The van der Waals surface area contributed by atoms with Gasteiger partial charge in [0.25, 0.3) is 11.8 Å². The highest BCUT2D eigenvalue weighted by Gasteiger charge is 2.59. The molecule has 1 aliphatic heterocycles. The third-order valence-corrected chi connectivity index (χ3v) is 6.14. The van der Waals surface area contributed by atoms with Crippen molar-refractivity contribution in [2.45, 2.75) is 19.8 Å². The van der Waals surface area contributed by atoms with Crippen LogP contribution >= 0.6 is 0 Å². The van der Waals surface area contributed by atoms with E-state index in [2.05, 4.69) is 24.2 Å². The summed E-state index contributed by atoms with van der Waals surface area (Å²) in [6.07, 6.45) is 7.60. The van der Waals surface area contributed by atoms with Gasteiger partial charge in [-0.2, -0.15) is 10.1 Å². The molecule has 1 saturated carbocycles. The molecule has 2 bridgehead atoms. The van der Waals surface area contributed by atoms with Gasteiger partial charge < -0.3 is 4.74 Å². The Bertz CT molecular complexity index is 996. The van der Waals surface area contributed by atoms with Gasteiger partial charge in [0.1, 0.15) is 5.75 Å². The fraction of sp³-hybridized carbons (Fsp3) is 0.348. The second kappa shape index (κ2) is 6.59. The lowest BCUT2D eigenvalue weighted by Crippen LogP contribution is -2.28. The minimum absolute atomic E-state index is 0.167. The lowest BCUT2D eigenvalue weighted by Gasteiger charge is -2.13. The molecule has 2 aliphatic carbocycles. The molecule has 0 radical (unpaired) electrons. The number of imide groups is 1. The molecule has 28 heavy (non-hydrogen) atoms. The quantitative estimate of drug-likeness (QED) is 0.455. The van der Waals surface area contributed by atoms with Crippen molar-refractivity contribution in [1.29, 1.82) is 0 Å². The number of carbonyl (C=O) groups excluding carboxylic acids is 2. The van der Waals surface area contributed by atoms with Crippen molar-refractivity contribution in [1.82, 2.24) is 5.01 Å². The van der Waals surface area contributed by atoms with Crippen molar-refractivity contribution in [3.8, 4) is 5.75 Å². The number of allylic oxidation sites excluding steroid dienone is 2. The van der Waals surface area contributed by atoms with E-state index in [1.165, 1.54) is 0 Å².